The lowest BCUT2D eigenvalue weighted by molar-refractivity contribution is -0.141. The van der Waals surface area contributed by atoms with Crippen LogP contribution in [0.25, 0.3) is 0 Å². The number of carbonyl (C=O) groups excluding carboxylic acids is 1. The molecule has 0 saturated heterocycles. The second-order valence-electron chi connectivity index (χ2n) is 3.47. The zero-order chi connectivity index (χ0) is 11.9. The average molecular weight is 219 g/mol. The summed E-state index contributed by atoms with van der Waals surface area (Å²) >= 11 is 0. The number of carboxylic acids is 1. The fourth-order valence-electron chi connectivity index (χ4n) is 0.907. The Kier molecular flexibility index (Phi) is 5.65. The Labute approximate surface area is 87.6 Å². The summed E-state index contributed by atoms with van der Waals surface area (Å²) in [6.07, 6.45) is -0.426. The molecule has 0 spiro atoms. The Morgan fingerprint density at radius 1 is 1.40 bits per heavy atom. The van der Waals surface area contributed by atoms with Crippen molar-refractivity contribution < 1.29 is 19.8 Å². The fourth-order valence-corrected chi connectivity index (χ4v) is 0.907. The monoisotopic (exact) mass is 219 g/mol. The molecule has 0 radical (unpaired) electrons. The van der Waals surface area contributed by atoms with Gasteiger partial charge in [-0.05, 0) is 6.92 Å². The standard InChI is InChI=1S/C8H17N3O4/c1-8(15,4-6(12)13)5-11-7(14)10-3-2-9/h15H,2-5,9H2,1H3,(H,12,13)(H2,10,11,14). The van der Waals surface area contributed by atoms with Gasteiger partial charge in [0.1, 0.15) is 0 Å². The predicted molar refractivity (Wildman–Crippen MR) is 53.3 cm³/mol. The Bertz CT molecular complexity index is 230. The van der Waals surface area contributed by atoms with Crippen LogP contribution in [0.15, 0.2) is 0 Å². The summed E-state index contributed by atoms with van der Waals surface area (Å²) < 4.78 is 0. The molecule has 0 fully saturated rings. The van der Waals surface area contributed by atoms with Gasteiger partial charge in [0.25, 0.3) is 0 Å². The van der Waals surface area contributed by atoms with Crippen LogP contribution in [-0.2, 0) is 4.79 Å². The molecule has 0 heterocycles. The predicted octanol–water partition coefficient (Wildman–Crippen LogP) is -1.53. The number of aliphatic hydroxyl groups is 1. The largest absolute Gasteiger partial charge is 0.481 e. The molecule has 0 saturated carbocycles. The maximum atomic E-state index is 11.0. The summed E-state index contributed by atoms with van der Waals surface area (Å²) in [5.41, 5.74) is 3.70. The van der Waals surface area contributed by atoms with Gasteiger partial charge in [-0.25, -0.2) is 4.79 Å². The number of nitrogens with two attached hydrogens (primary N) is 1. The molecular formula is C8H17N3O4. The van der Waals surface area contributed by atoms with Crippen LogP contribution in [0.2, 0.25) is 0 Å². The molecule has 0 aromatic heterocycles. The molecule has 0 aliphatic carbocycles. The van der Waals surface area contributed by atoms with E-state index in [-0.39, 0.29) is 6.54 Å². The molecule has 0 aliphatic heterocycles. The van der Waals surface area contributed by atoms with E-state index in [0.717, 1.165) is 0 Å². The number of carbonyl (C=O) groups is 2. The Hall–Kier alpha value is -1.34. The van der Waals surface area contributed by atoms with E-state index in [2.05, 4.69) is 10.6 Å². The maximum absolute atomic E-state index is 11.0. The van der Waals surface area contributed by atoms with Crippen molar-refractivity contribution in [2.75, 3.05) is 19.6 Å². The average Bonchev–Trinajstić information content (AvgIpc) is 2.09. The molecule has 1 unspecified atom stereocenters. The zero-order valence-corrected chi connectivity index (χ0v) is 8.62. The number of hydrogen-bond acceptors (Lipinski definition) is 4. The van der Waals surface area contributed by atoms with E-state index in [4.69, 9.17) is 10.8 Å². The van der Waals surface area contributed by atoms with Crippen LogP contribution in [-0.4, -0.2) is 47.4 Å². The van der Waals surface area contributed by atoms with Crippen LogP contribution < -0.4 is 16.4 Å². The zero-order valence-electron chi connectivity index (χ0n) is 8.62. The van der Waals surface area contributed by atoms with E-state index in [0.29, 0.717) is 13.1 Å². The van der Waals surface area contributed by atoms with Crippen molar-refractivity contribution in [3.05, 3.63) is 0 Å². The summed E-state index contributed by atoms with van der Waals surface area (Å²) in [4.78, 5) is 21.3. The molecule has 15 heavy (non-hydrogen) atoms. The van der Waals surface area contributed by atoms with Gasteiger partial charge in [-0.15, -0.1) is 0 Å². The van der Waals surface area contributed by atoms with Gasteiger partial charge in [0.15, 0.2) is 0 Å². The van der Waals surface area contributed by atoms with E-state index in [1.54, 1.807) is 0 Å². The Morgan fingerprint density at radius 2 is 2.00 bits per heavy atom. The molecule has 0 rings (SSSR count). The van der Waals surface area contributed by atoms with Crippen molar-refractivity contribution in [1.29, 1.82) is 0 Å². The first-order valence-electron chi connectivity index (χ1n) is 4.53. The van der Waals surface area contributed by atoms with Gasteiger partial charge in [0, 0.05) is 19.6 Å². The smallest absolute Gasteiger partial charge is 0.314 e. The first kappa shape index (κ1) is 13.7. The summed E-state index contributed by atoms with van der Waals surface area (Å²) in [5.74, 6) is -1.12. The summed E-state index contributed by atoms with van der Waals surface area (Å²) in [5, 5.41) is 22.7. The maximum Gasteiger partial charge on any atom is 0.314 e. The summed E-state index contributed by atoms with van der Waals surface area (Å²) in [6, 6.07) is -0.480. The van der Waals surface area contributed by atoms with Gasteiger partial charge in [-0.2, -0.15) is 0 Å². The number of carboxylic acid groups (broad SMARTS) is 1. The Balaban J connectivity index is 3.82. The SMILES string of the molecule is CC(O)(CNC(=O)NCCN)CC(=O)O. The van der Waals surface area contributed by atoms with Crippen molar-refractivity contribution in [2.45, 2.75) is 18.9 Å². The van der Waals surface area contributed by atoms with Crippen LogP contribution in [0.4, 0.5) is 4.79 Å². The van der Waals surface area contributed by atoms with E-state index in [1.165, 1.54) is 6.92 Å². The second kappa shape index (κ2) is 6.20. The highest BCUT2D eigenvalue weighted by atomic mass is 16.4. The minimum atomic E-state index is -1.45. The van der Waals surface area contributed by atoms with E-state index in [9.17, 15) is 14.7 Å². The molecule has 0 aromatic carbocycles. The van der Waals surface area contributed by atoms with Gasteiger partial charge in [-0.1, -0.05) is 0 Å². The molecule has 0 aliphatic rings. The van der Waals surface area contributed by atoms with Gasteiger partial charge in [-0.3, -0.25) is 4.79 Å². The van der Waals surface area contributed by atoms with Gasteiger partial charge in [0.2, 0.25) is 0 Å². The lowest BCUT2D eigenvalue weighted by atomic mass is 10.0. The van der Waals surface area contributed by atoms with E-state index in [1.807, 2.05) is 0 Å². The molecule has 0 aromatic rings. The molecule has 2 amide bonds. The minimum Gasteiger partial charge on any atom is -0.481 e. The summed E-state index contributed by atoms with van der Waals surface area (Å²) in [6.45, 7) is 1.85. The van der Waals surface area contributed by atoms with Gasteiger partial charge in [0.05, 0.1) is 12.0 Å². The van der Waals surface area contributed by atoms with Crippen LogP contribution in [0, 0.1) is 0 Å². The molecule has 0 bridgehead atoms. The molecular weight excluding hydrogens is 202 g/mol. The van der Waals surface area contributed by atoms with Crippen LogP contribution in [0.3, 0.4) is 0 Å². The van der Waals surface area contributed by atoms with Crippen LogP contribution in [0.5, 0.6) is 0 Å². The van der Waals surface area contributed by atoms with Gasteiger partial charge >= 0.3 is 12.0 Å². The normalized spacial score (nSPS) is 14.1. The molecule has 1 atom stereocenters. The van der Waals surface area contributed by atoms with Crippen LogP contribution >= 0.6 is 0 Å². The highest BCUT2D eigenvalue weighted by Gasteiger charge is 2.24. The van der Waals surface area contributed by atoms with E-state index >= 15 is 0 Å². The van der Waals surface area contributed by atoms with E-state index < -0.39 is 24.0 Å². The van der Waals surface area contributed by atoms with Crippen molar-refractivity contribution in [1.82, 2.24) is 10.6 Å². The third kappa shape index (κ3) is 7.71. The first-order chi connectivity index (χ1) is 6.87. The summed E-state index contributed by atoms with van der Waals surface area (Å²) in [7, 11) is 0. The molecule has 7 nitrogen and oxygen atoms in total. The van der Waals surface area contributed by atoms with Gasteiger partial charge < -0.3 is 26.6 Å². The van der Waals surface area contributed by atoms with Crippen molar-refractivity contribution in [3.63, 3.8) is 0 Å². The number of amides is 2. The third-order valence-electron chi connectivity index (χ3n) is 1.59. The molecule has 6 N–H and O–H groups in total. The fraction of sp³-hybridized carbons (Fsp3) is 0.750. The van der Waals surface area contributed by atoms with Crippen molar-refractivity contribution in [2.24, 2.45) is 5.73 Å². The number of hydrogen-bond donors (Lipinski definition) is 5. The molecule has 88 valence electrons. The van der Waals surface area contributed by atoms with Crippen molar-refractivity contribution >= 4 is 12.0 Å². The highest BCUT2D eigenvalue weighted by Crippen LogP contribution is 2.06. The van der Waals surface area contributed by atoms with Crippen LogP contribution in [0.1, 0.15) is 13.3 Å². The third-order valence-corrected chi connectivity index (χ3v) is 1.59. The highest BCUT2D eigenvalue weighted by molar-refractivity contribution is 5.74. The first-order valence-corrected chi connectivity index (χ1v) is 4.53. The lowest BCUT2D eigenvalue weighted by Gasteiger charge is -2.21. The Morgan fingerprint density at radius 3 is 2.47 bits per heavy atom. The van der Waals surface area contributed by atoms with Crippen molar-refractivity contribution in [3.8, 4) is 0 Å². The number of nitrogens with one attached hydrogen (secondary N) is 2. The topological polar surface area (TPSA) is 125 Å². The number of urea groups is 1. The minimum absolute atomic E-state index is 0.129. The quantitative estimate of drug-likeness (QED) is 0.370. The second-order valence-corrected chi connectivity index (χ2v) is 3.47. The lowest BCUT2D eigenvalue weighted by Crippen LogP contribution is -2.46. The molecule has 7 heteroatoms. The number of aliphatic carboxylic acids is 1. The number of rotatable bonds is 6.